The van der Waals surface area contributed by atoms with Crippen molar-refractivity contribution in [2.45, 2.75) is 45.1 Å². The average molecular weight is 334 g/mol. The number of hydrogen-bond donors (Lipinski definition) is 1. The average Bonchev–Trinajstić information content (AvgIpc) is 3.14. The zero-order valence-electron chi connectivity index (χ0n) is 15.1. The molecule has 5 nitrogen and oxygen atoms in total. The molecule has 0 spiro atoms. The van der Waals surface area contributed by atoms with E-state index in [-0.39, 0.29) is 5.91 Å². The molecular weight excluding hydrogens is 304 g/mol. The molecular formula is C19H30N2O3. The van der Waals surface area contributed by atoms with Crippen molar-refractivity contribution in [3.05, 3.63) is 23.8 Å². The van der Waals surface area contributed by atoms with E-state index in [0.29, 0.717) is 12.5 Å². The highest BCUT2D eigenvalue weighted by Gasteiger charge is 2.18. The largest absolute Gasteiger partial charge is 0.493 e. The molecule has 2 rings (SSSR count). The highest BCUT2D eigenvalue weighted by Crippen LogP contribution is 2.28. The summed E-state index contributed by atoms with van der Waals surface area (Å²) in [6, 6.07) is 6.34. The first-order chi connectivity index (χ1) is 11.6. The Hall–Kier alpha value is -1.75. The van der Waals surface area contributed by atoms with Crippen LogP contribution in [0.2, 0.25) is 0 Å². The fraction of sp³-hybridized carbons (Fsp3) is 0.632. The molecule has 0 radical (unpaired) electrons. The molecule has 0 bridgehead atoms. The number of nitrogens with one attached hydrogen (secondary N) is 1. The van der Waals surface area contributed by atoms with E-state index in [1.165, 1.54) is 12.8 Å². The molecule has 1 aromatic rings. The van der Waals surface area contributed by atoms with Crippen molar-refractivity contribution in [3.63, 3.8) is 0 Å². The second kappa shape index (κ2) is 9.52. The van der Waals surface area contributed by atoms with E-state index in [1.807, 2.05) is 18.2 Å². The van der Waals surface area contributed by atoms with Crippen LogP contribution in [-0.2, 0) is 11.2 Å². The van der Waals surface area contributed by atoms with Crippen LogP contribution in [0.25, 0.3) is 0 Å². The number of benzene rings is 1. The number of rotatable bonds is 9. The highest BCUT2D eigenvalue weighted by molar-refractivity contribution is 5.75. The van der Waals surface area contributed by atoms with Crippen molar-refractivity contribution in [2.75, 3.05) is 33.9 Å². The monoisotopic (exact) mass is 334 g/mol. The standard InChI is InChI=1S/C19H30N2O3/c1-15(21-11-4-5-12-21)14-20-19(22)8-6-7-16-9-10-17(23-2)18(13-16)24-3/h9-10,13,15H,4-8,11-12,14H2,1-3H3,(H,20,22). The van der Waals surface area contributed by atoms with Crippen molar-refractivity contribution in [1.82, 2.24) is 10.2 Å². The van der Waals surface area contributed by atoms with Crippen LogP contribution in [0.4, 0.5) is 0 Å². The number of hydrogen-bond acceptors (Lipinski definition) is 4. The predicted octanol–water partition coefficient (Wildman–Crippen LogP) is 2.63. The van der Waals surface area contributed by atoms with Crippen LogP contribution in [0.15, 0.2) is 18.2 Å². The molecule has 0 aliphatic carbocycles. The molecule has 1 fully saturated rings. The molecule has 1 unspecified atom stereocenters. The van der Waals surface area contributed by atoms with Crippen molar-refractivity contribution >= 4 is 5.91 Å². The van der Waals surface area contributed by atoms with E-state index in [2.05, 4.69) is 17.1 Å². The number of nitrogens with zero attached hydrogens (tertiary/aromatic N) is 1. The molecule has 1 aromatic carbocycles. The number of methoxy groups -OCH3 is 2. The first-order valence-electron chi connectivity index (χ1n) is 8.85. The second-order valence-corrected chi connectivity index (χ2v) is 6.44. The molecule has 1 N–H and O–H groups in total. The summed E-state index contributed by atoms with van der Waals surface area (Å²) in [6.45, 7) is 5.26. The summed E-state index contributed by atoms with van der Waals surface area (Å²) in [5.41, 5.74) is 1.16. The van der Waals surface area contributed by atoms with E-state index in [4.69, 9.17) is 9.47 Å². The first-order valence-corrected chi connectivity index (χ1v) is 8.85. The zero-order chi connectivity index (χ0) is 17.4. The summed E-state index contributed by atoms with van der Waals surface area (Å²) in [7, 11) is 3.27. The van der Waals surface area contributed by atoms with Crippen molar-refractivity contribution in [3.8, 4) is 11.5 Å². The van der Waals surface area contributed by atoms with Gasteiger partial charge in [0.2, 0.25) is 5.91 Å². The quantitative estimate of drug-likeness (QED) is 0.754. The fourth-order valence-corrected chi connectivity index (χ4v) is 3.15. The van der Waals surface area contributed by atoms with Crippen LogP contribution >= 0.6 is 0 Å². The van der Waals surface area contributed by atoms with Gasteiger partial charge >= 0.3 is 0 Å². The Labute approximate surface area is 145 Å². The van der Waals surface area contributed by atoms with Crippen LogP contribution in [0.3, 0.4) is 0 Å². The lowest BCUT2D eigenvalue weighted by molar-refractivity contribution is -0.121. The summed E-state index contributed by atoms with van der Waals surface area (Å²) in [6.07, 6.45) is 4.81. The second-order valence-electron chi connectivity index (χ2n) is 6.44. The summed E-state index contributed by atoms with van der Waals surface area (Å²) in [5, 5.41) is 3.06. The molecule has 1 saturated heterocycles. The smallest absolute Gasteiger partial charge is 0.220 e. The maximum Gasteiger partial charge on any atom is 0.220 e. The van der Waals surface area contributed by atoms with Gasteiger partial charge in [0.15, 0.2) is 11.5 Å². The van der Waals surface area contributed by atoms with Crippen molar-refractivity contribution < 1.29 is 14.3 Å². The predicted molar refractivity (Wildman–Crippen MR) is 95.8 cm³/mol. The molecule has 1 aliphatic rings. The van der Waals surface area contributed by atoms with Gasteiger partial charge in [-0.05, 0) is 63.4 Å². The minimum atomic E-state index is 0.140. The van der Waals surface area contributed by atoms with E-state index >= 15 is 0 Å². The van der Waals surface area contributed by atoms with Gasteiger partial charge in [-0.1, -0.05) is 6.07 Å². The lowest BCUT2D eigenvalue weighted by Gasteiger charge is -2.23. The highest BCUT2D eigenvalue weighted by atomic mass is 16.5. The van der Waals surface area contributed by atoms with E-state index in [0.717, 1.165) is 49.5 Å². The fourth-order valence-electron chi connectivity index (χ4n) is 3.15. The van der Waals surface area contributed by atoms with Crippen LogP contribution in [0, 0.1) is 0 Å². The molecule has 1 aliphatic heterocycles. The van der Waals surface area contributed by atoms with Crippen LogP contribution in [0.1, 0.15) is 38.2 Å². The lowest BCUT2D eigenvalue weighted by atomic mass is 10.1. The number of aryl methyl sites for hydroxylation is 1. The minimum Gasteiger partial charge on any atom is -0.493 e. The molecule has 24 heavy (non-hydrogen) atoms. The third-order valence-electron chi connectivity index (χ3n) is 4.68. The zero-order valence-corrected chi connectivity index (χ0v) is 15.1. The molecule has 1 amide bonds. The van der Waals surface area contributed by atoms with Crippen molar-refractivity contribution in [1.29, 1.82) is 0 Å². The van der Waals surface area contributed by atoms with E-state index < -0.39 is 0 Å². The Morgan fingerprint density at radius 3 is 2.58 bits per heavy atom. The molecule has 1 heterocycles. The Morgan fingerprint density at radius 1 is 1.21 bits per heavy atom. The summed E-state index contributed by atoms with van der Waals surface area (Å²) < 4.78 is 10.5. The molecule has 0 aromatic heterocycles. The van der Waals surface area contributed by atoms with Gasteiger partial charge in [0, 0.05) is 19.0 Å². The molecule has 134 valence electrons. The van der Waals surface area contributed by atoms with Crippen LogP contribution in [0.5, 0.6) is 11.5 Å². The molecule has 5 heteroatoms. The van der Waals surface area contributed by atoms with Gasteiger partial charge < -0.3 is 14.8 Å². The van der Waals surface area contributed by atoms with Gasteiger partial charge in [0.05, 0.1) is 14.2 Å². The Kier molecular flexibility index (Phi) is 7.37. The summed E-state index contributed by atoms with van der Waals surface area (Å²) in [5.74, 6) is 1.61. The maximum absolute atomic E-state index is 12.0. The Morgan fingerprint density at radius 2 is 1.92 bits per heavy atom. The molecule has 1 atom stereocenters. The number of amides is 1. The van der Waals surface area contributed by atoms with E-state index in [1.54, 1.807) is 14.2 Å². The molecule has 0 saturated carbocycles. The van der Waals surface area contributed by atoms with Gasteiger partial charge in [-0.2, -0.15) is 0 Å². The first kappa shape index (κ1) is 18.6. The Bertz CT molecular complexity index is 527. The van der Waals surface area contributed by atoms with E-state index in [9.17, 15) is 4.79 Å². The van der Waals surface area contributed by atoms with Gasteiger partial charge in [0.25, 0.3) is 0 Å². The normalized spacial score (nSPS) is 16.0. The SMILES string of the molecule is COc1ccc(CCCC(=O)NCC(C)N2CCCC2)cc1OC. The van der Waals surface area contributed by atoms with Crippen molar-refractivity contribution in [2.24, 2.45) is 0 Å². The minimum absolute atomic E-state index is 0.140. The lowest BCUT2D eigenvalue weighted by Crippen LogP contribution is -2.40. The third-order valence-corrected chi connectivity index (χ3v) is 4.68. The summed E-state index contributed by atoms with van der Waals surface area (Å²) >= 11 is 0. The number of likely N-dealkylation sites (tertiary alicyclic amines) is 1. The van der Waals surface area contributed by atoms with Crippen LogP contribution < -0.4 is 14.8 Å². The number of carbonyl (C=O) groups is 1. The van der Waals surface area contributed by atoms with Gasteiger partial charge in [0.1, 0.15) is 0 Å². The van der Waals surface area contributed by atoms with Gasteiger partial charge in [-0.3, -0.25) is 9.69 Å². The summed E-state index contributed by atoms with van der Waals surface area (Å²) in [4.78, 5) is 14.5. The number of ether oxygens (including phenoxy) is 2. The maximum atomic E-state index is 12.0. The van der Waals surface area contributed by atoms with Gasteiger partial charge in [-0.15, -0.1) is 0 Å². The topological polar surface area (TPSA) is 50.8 Å². The number of carbonyl (C=O) groups excluding carboxylic acids is 1. The van der Waals surface area contributed by atoms with Crippen LogP contribution in [-0.4, -0.2) is 50.7 Å². The Balaban J connectivity index is 1.68. The van der Waals surface area contributed by atoms with Gasteiger partial charge in [-0.25, -0.2) is 0 Å². The third kappa shape index (κ3) is 5.41.